The number of carbonyl (C=O) groups is 1. The number of thioether (sulfide) groups is 1. The average molecular weight is 563 g/mol. The summed E-state index contributed by atoms with van der Waals surface area (Å²) in [4.78, 5) is 19.5. The van der Waals surface area contributed by atoms with Crippen LogP contribution in [-0.4, -0.2) is 60.5 Å². The number of nitrogens with zero attached hydrogens (tertiary/aromatic N) is 2. The minimum Gasteiger partial charge on any atom is -0.357 e. The van der Waals surface area contributed by atoms with Gasteiger partial charge in [-0.05, 0) is 63.1 Å². The number of amides is 1. The topological polar surface area (TPSA) is 56.7 Å². The standard InChI is InChI=1S/C23H35FN4OS.HI/c1-2-25-23(26-12-4-6-18-5-3-7-20(24)17-18)27-21-10-8-19(9-11-21)22(29)28-13-15-30-16-14-28;/h3,5,7,17,19,21H,2,4,6,8-16H2,1H3,(H2,25,26,27);1H. The molecule has 1 heterocycles. The van der Waals surface area contributed by atoms with Crippen LogP contribution in [0, 0.1) is 11.7 Å². The van der Waals surface area contributed by atoms with E-state index in [1.165, 1.54) is 6.07 Å². The molecule has 0 unspecified atom stereocenters. The van der Waals surface area contributed by atoms with E-state index in [0.717, 1.165) is 81.2 Å². The molecule has 0 atom stereocenters. The Morgan fingerprint density at radius 1 is 1.23 bits per heavy atom. The van der Waals surface area contributed by atoms with E-state index in [9.17, 15) is 9.18 Å². The average Bonchev–Trinajstić information content (AvgIpc) is 2.77. The molecule has 1 saturated heterocycles. The number of hydrogen-bond donors (Lipinski definition) is 2. The maximum Gasteiger partial charge on any atom is 0.225 e. The highest BCUT2D eigenvalue weighted by Crippen LogP contribution is 2.27. The highest BCUT2D eigenvalue weighted by atomic mass is 127. The maximum atomic E-state index is 13.3. The molecule has 0 bridgehead atoms. The predicted molar refractivity (Wildman–Crippen MR) is 139 cm³/mol. The molecule has 1 aromatic rings. The lowest BCUT2D eigenvalue weighted by Gasteiger charge is -2.34. The number of hydrogen-bond acceptors (Lipinski definition) is 3. The summed E-state index contributed by atoms with van der Waals surface area (Å²) < 4.78 is 13.3. The summed E-state index contributed by atoms with van der Waals surface area (Å²) in [7, 11) is 0. The number of benzene rings is 1. The Morgan fingerprint density at radius 2 is 1.97 bits per heavy atom. The summed E-state index contributed by atoms with van der Waals surface area (Å²) in [6, 6.07) is 7.15. The first kappa shape index (κ1) is 26.2. The first-order valence-electron chi connectivity index (χ1n) is 11.3. The minimum absolute atomic E-state index is 0. The molecular weight excluding hydrogens is 526 g/mol. The van der Waals surface area contributed by atoms with E-state index in [2.05, 4.69) is 22.5 Å². The second-order valence-electron chi connectivity index (χ2n) is 8.12. The van der Waals surface area contributed by atoms with Gasteiger partial charge in [-0.1, -0.05) is 12.1 Å². The van der Waals surface area contributed by atoms with Crippen LogP contribution >= 0.6 is 35.7 Å². The number of aliphatic imine (C=N–C) groups is 1. The minimum atomic E-state index is -0.181. The van der Waals surface area contributed by atoms with Gasteiger partial charge in [0.2, 0.25) is 5.91 Å². The van der Waals surface area contributed by atoms with Crippen molar-refractivity contribution in [3.8, 4) is 0 Å². The smallest absolute Gasteiger partial charge is 0.225 e. The van der Waals surface area contributed by atoms with Crippen LogP contribution in [0.1, 0.15) is 44.6 Å². The van der Waals surface area contributed by atoms with Crippen LogP contribution in [0.5, 0.6) is 0 Å². The van der Waals surface area contributed by atoms with Gasteiger partial charge in [0, 0.05) is 49.6 Å². The summed E-state index contributed by atoms with van der Waals surface area (Å²) in [6.07, 6.45) is 5.63. The van der Waals surface area contributed by atoms with Crippen molar-refractivity contribution < 1.29 is 9.18 Å². The summed E-state index contributed by atoms with van der Waals surface area (Å²) in [5.74, 6) is 3.37. The monoisotopic (exact) mass is 562 g/mol. The first-order chi connectivity index (χ1) is 14.7. The van der Waals surface area contributed by atoms with Gasteiger partial charge in [-0.2, -0.15) is 11.8 Å². The van der Waals surface area contributed by atoms with Crippen molar-refractivity contribution in [2.24, 2.45) is 10.9 Å². The zero-order valence-corrected chi connectivity index (χ0v) is 21.6. The fourth-order valence-electron chi connectivity index (χ4n) is 4.21. The molecule has 1 aliphatic carbocycles. The van der Waals surface area contributed by atoms with Gasteiger partial charge >= 0.3 is 0 Å². The third-order valence-corrected chi connectivity index (χ3v) is 6.81. The van der Waals surface area contributed by atoms with Crippen molar-refractivity contribution >= 4 is 47.6 Å². The molecule has 1 aliphatic heterocycles. The van der Waals surface area contributed by atoms with Crippen LogP contribution in [-0.2, 0) is 11.2 Å². The molecule has 2 N–H and O–H groups in total. The lowest BCUT2D eigenvalue weighted by Crippen LogP contribution is -2.47. The lowest BCUT2D eigenvalue weighted by molar-refractivity contribution is -0.136. The van der Waals surface area contributed by atoms with Crippen LogP contribution in [0.25, 0.3) is 0 Å². The van der Waals surface area contributed by atoms with Gasteiger partial charge in [-0.15, -0.1) is 24.0 Å². The van der Waals surface area contributed by atoms with E-state index in [4.69, 9.17) is 4.99 Å². The van der Waals surface area contributed by atoms with Crippen LogP contribution in [0.2, 0.25) is 0 Å². The SMILES string of the molecule is CCNC(=NCCCc1cccc(F)c1)NC1CCC(C(=O)N2CCSCC2)CC1.I. The molecule has 8 heteroatoms. The first-order valence-corrected chi connectivity index (χ1v) is 12.5. The number of guanidine groups is 1. The maximum absolute atomic E-state index is 13.3. The molecule has 2 aliphatic rings. The highest BCUT2D eigenvalue weighted by Gasteiger charge is 2.30. The Balaban J connectivity index is 0.00000341. The molecule has 0 aromatic heterocycles. The van der Waals surface area contributed by atoms with Crippen molar-refractivity contribution in [1.29, 1.82) is 0 Å². The van der Waals surface area contributed by atoms with Gasteiger partial charge in [0.25, 0.3) is 0 Å². The molecule has 31 heavy (non-hydrogen) atoms. The van der Waals surface area contributed by atoms with Crippen molar-refractivity contribution in [3.05, 3.63) is 35.6 Å². The molecule has 2 fully saturated rings. The van der Waals surface area contributed by atoms with E-state index in [-0.39, 0.29) is 35.7 Å². The van der Waals surface area contributed by atoms with Gasteiger partial charge in [0.15, 0.2) is 5.96 Å². The lowest BCUT2D eigenvalue weighted by atomic mass is 9.85. The normalized spacial score (nSPS) is 21.9. The van der Waals surface area contributed by atoms with Crippen LogP contribution in [0.15, 0.2) is 29.3 Å². The molecule has 0 radical (unpaired) electrons. The highest BCUT2D eigenvalue weighted by molar-refractivity contribution is 14.0. The van der Waals surface area contributed by atoms with Crippen LogP contribution < -0.4 is 10.6 Å². The van der Waals surface area contributed by atoms with Crippen LogP contribution in [0.3, 0.4) is 0 Å². The Kier molecular flexibility index (Phi) is 12.0. The molecule has 1 aromatic carbocycles. The summed E-state index contributed by atoms with van der Waals surface area (Å²) >= 11 is 1.94. The molecule has 5 nitrogen and oxygen atoms in total. The molecular formula is C23H36FIN4OS. The number of aryl methyl sites for hydroxylation is 1. The second kappa shape index (κ2) is 14.2. The third kappa shape index (κ3) is 8.79. The Labute approximate surface area is 207 Å². The molecule has 1 saturated carbocycles. The molecule has 3 rings (SSSR count). The summed E-state index contributed by atoms with van der Waals surface area (Å²) in [5, 5.41) is 6.88. The van der Waals surface area contributed by atoms with E-state index < -0.39 is 0 Å². The van der Waals surface area contributed by atoms with E-state index in [1.54, 1.807) is 12.1 Å². The Morgan fingerprint density at radius 3 is 2.65 bits per heavy atom. The Bertz CT molecular complexity index is 707. The molecule has 174 valence electrons. The number of rotatable bonds is 7. The second-order valence-corrected chi connectivity index (χ2v) is 9.35. The van der Waals surface area contributed by atoms with Crippen molar-refractivity contribution in [2.75, 3.05) is 37.7 Å². The van der Waals surface area contributed by atoms with Crippen molar-refractivity contribution in [1.82, 2.24) is 15.5 Å². The van der Waals surface area contributed by atoms with Crippen LogP contribution in [0.4, 0.5) is 4.39 Å². The molecule has 0 spiro atoms. The van der Waals surface area contributed by atoms with Gasteiger partial charge in [-0.3, -0.25) is 9.79 Å². The third-order valence-electron chi connectivity index (χ3n) is 5.87. The van der Waals surface area contributed by atoms with Crippen molar-refractivity contribution in [2.45, 2.75) is 51.5 Å². The zero-order valence-electron chi connectivity index (χ0n) is 18.4. The van der Waals surface area contributed by atoms with Gasteiger partial charge < -0.3 is 15.5 Å². The van der Waals surface area contributed by atoms with Gasteiger partial charge in [-0.25, -0.2) is 4.39 Å². The number of halogens is 2. The van der Waals surface area contributed by atoms with Gasteiger partial charge in [0.1, 0.15) is 5.82 Å². The summed E-state index contributed by atoms with van der Waals surface area (Å²) in [6.45, 7) is 5.41. The quantitative estimate of drug-likeness (QED) is 0.228. The van der Waals surface area contributed by atoms with Crippen molar-refractivity contribution in [3.63, 3.8) is 0 Å². The van der Waals surface area contributed by atoms with Gasteiger partial charge in [0.05, 0.1) is 0 Å². The fourth-order valence-corrected chi connectivity index (χ4v) is 5.11. The summed E-state index contributed by atoms with van der Waals surface area (Å²) in [5.41, 5.74) is 1.01. The largest absolute Gasteiger partial charge is 0.357 e. The fraction of sp³-hybridized carbons (Fsp3) is 0.652. The van der Waals surface area contributed by atoms with E-state index in [1.807, 2.05) is 17.8 Å². The molecule has 1 amide bonds. The zero-order chi connectivity index (χ0) is 21.2. The number of carbonyl (C=O) groups excluding carboxylic acids is 1. The Hall–Kier alpha value is -1.03. The van der Waals surface area contributed by atoms with E-state index in [0.29, 0.717) is 18.5 Å². The predicted octanol–water partition coefficient (Wildman–Crippen LogP) is 4.07. The van der Waals surface area contributed by atoms with E-state index >= 15 is 0 Å². The number of nitrogens with one attached hydrogen (secondary N) is 2.